The van der Waals surface area contributed by atoms with Crippen molar-refractivity contribution in [1.82, 2.24) is 85.6 Å². The fourth-order valence-electron chi connectivity index (χ4n) is 14.3. The first-order valence-corrected chi connectivity index (χ1v) is 46.2. The molecular formula is C89H107F9N30O5S4. The number of nitriles is 1. The highest BCUT2D eigenvalue weighted by Gasteiger charge is 2.55. The number of benzene rings is 4. The molecule has 137 heavy (non-hydrogen) atoms. The van der Waals surface area contributed by atoms with E-state index in [9.17, 15) is 64.0 Å². The number of hydrogen-bond donors (Lipinski definition) is 12. The van der Waals surface area contributed by atoms with Crippen molar-refractivity contribution in [2.75, 3.05) is 114 Å². The smallest absolute Gasteiger partial charge is 0.397 e. The Morgan fingerprint density at radius 1 is 0.467 bits per heavy atom. The van der Waals surface area contributed by atoms with Crippen molar-refractivity contribution in [2.24, 2.45) is 17.3 Å². The molecule has 2 aliphatic carbocycles. The summed E-state index contributed by atoms with van der Waals surface area (Å²) >= 11 is 5.00. The second-order valence-corrected chi connectivity index (χ2v) is 38.0. The monoisotopic (exact) mass is 1970 g/mol. The molecule has 9 aromatic heterocycles. The van der Waals surface area contributed by atoms with Crippen LogP contribution in [0.5, 0.6) is 0 Å². The van der Waals surface area contributed by atoms with E-state index in [1.165, 1.54) is 78.9 Å². The Labute approximate surface area is 807 Å². The average molecular weight is 1980 g/mol. The summed E-state index contributed by atoms with van der Waals surface area (Å²) in [7, 11) is 0. The van der Waals surface area contributed by atoms with Crippen LogP contribution in [0.1, 0.15) is 111 Å². The molecule has 19 rings (SSSR count). The van der Waals surface area contributed by atoms with Crippen molar-refractivity contribution < 1.29 is 75.9 Å². The molecular weight excluding hydrogens is 1870 g/mol. The van der Waals surface area contributed by atoms with Crippen molar-refractivity contribution in [1.29, 1.82) is 5.26 Å². The fraction of sp³-hybridized carbons (Fsp3) is 0.326. The van der Waals surface area contributed by atoms with Gasteiger partial charge in [-0.3, -0.25) is 39.6 Å². The summed E-state index contributed by atoms with van der Waals surface area (Å²) in [4.78, 5) is 98.5. The van der Waals surface area contributed by atoms with Crippen LogP contribution in [0.4, 0.5) is 132 Å². The Hall–Kier alpha value is -14.2. The Morgan fingerprint density at radius 2 is 0.839 bits per heavy atom. The van der Waals surface area contributed by atoms with Crippen LogP contribution in [0.15, 0.2) is 191 Å². The van der Waals surface area contributed by atoms with E-state index in [0.717, 1.165) is 95.3 Å². The van der Waals surface area contributed by atoms with Crippen molar-refractivity contribution in [3.05, 3.63) is 186 Å². The van der Waals surface area contributed by atoms with Crippen LogP contribution in [0.2, 0.25) is 0 Å². The fourth-order valence-corrected chi connectivity index (χ4v) is 17.3. The van der Waals surface area contributed by atoms with Crippen LogP contribution in [-0.2, 0) is 14.4 Å². The number of halogens is 9. The molecule has 0 radical (unpaired) electrons. The number of oxazole rings is 1. The van der Waals surface area contributed by atoms with Gasteiger partial charge in [0.25, 0.3) is 5.91 Å². The van der Waals surface area contributed by atoms with Gasteiger partial charge in [0.15, 0.2) is 50.3 Å². The van der Waals surface area contributed by atoms with E-state index in [2.05, 4.69) is 134 Å². The molecule has 13 aromatic rings. The van der Waals surface area contributed by atoms with E-state index >= 15 is 0 Å². The number of aromatic nitrogens is 17. The lowest BCUT2D eigenvalue weighted by Gasteiger charge is -2.45. The lowest BCUT2D eigenvalue weighted by Crippen LogP contribution is -2.60. The number of aromatic amines is 4. The summed E-state index contributed by atoms with van der Waals surface area (Å²) in [5, 5.41) is 61.9. The second-order valence-electron chi connectivity index (χ2n) is 33.9. The Balaban J connectivity index is 0.000000258. The third-order valence-corrected chi connectivity index (χ3v) is 24.9. The topological polar surface area (TPSA) is 445 Å². The molecule has 35 nitrogen and oxygen atoms in total. The van der Waals surface area contributed by atoms with Gasteiger partial charge in [-0.05, 0) is 225 Å². The van der Waals surface area contributed by atoms with Gasteiger partial charge in [-0.1, -0.05) is 0 Å². The predicted octanol–water partition coefficient (Wildman–Crippen LogP) is 20.7. The number of nitrogens with one attached hydrogen (secondary N) is 12. The minimum absolute atomic E-state index is 0. The molecule has 730 valence electrons. The number of anilines is 16. The second kappa shape index (κ2) is 40.8. The number of carbonyl (C=O) groups excluding carboxylic acids is 4. The average Bonchev–Trinajstić information content (AvgIpc) is 1.59. The number of H-pyrrole nitrogens is 4. The van der Waals surface area contributed by atoms with Crippen LogP contribution in [0, 0.1) is 69.0 Å². The Kier molecular flexibility index (Phi) is 28.5. The third kappa shape index (κ3) is 26.7. The van der Waals surface area contributed by atoms with Crippen molar-refractivity contribution >= 4 is 163 Å². The first-order chi connectivity index (χ1) is 65.3. The molecule has 2 saturated carbocycles. The van der Waals surface area contributed by atoms with E-state index in [-0.39, 0.29) is 66.7 Å². The minimum Gasteiger partial charge on any atom is -0.438 e. The highest BCUT2D eigenvalue weighted by molar-refractivity contribution is 8.00. The zero-order valence-electron chi connectivity index (χ0n) is 74.2. The largest absolute Gasteiger partial charge is 0.438 e. The van der Waals surface area contributed by atoms with Gasteiger partial charge in [0.05, 0.1) is 48.3 Å². The first-order valence-electron chi connectivity index (χ1n) is 42.9. The Morgan fingerprint density at radius 3 is 1.17 bits per heavy atom. The van der Waals surface area contributed by atoms with Crippen molar-refractivity contribution in [2.45, 2.75) is 157 Å². The molecule has 6 fully saturated rings. The normalized spacial score (nSPS) is 15.4. The number of amides is 4. The quantitative estimate of drug-likeness (QED) is 0.0153. The zero-order chi connectivity index (χ0) is 96.7. The highest BCUT2D eigenvalue weighted by atomic mass is 32.2. The van der Waals surface area contributed by atoms with Gasteiger partial charge < -0.3 is 66.6 Å². The molecule has 48 heteroatoms. The predicted molar refractivity (Wildman–Crippen MR) is 518 cm³/mol. The van der Waals surface area contributed by atoms with Crippen LogP contribution in [-0.4, -0.2) is 185 Å². The van der Waals surface area contributed by atoms with Crippen LogP contribution in [0.25, 0.3) is 0 Å². The van der Waals surface area contributed by atoms with Gasteiger partial charge in [-0.25, -0.2) is 58.0 Å². The molecule has 0 unspecified atom stereocenters. The molecule has 13 heterocycles. The highest BCUT2D eigenvalue weighted by Crippen LogP contribution is 2.49. The van der Waals surface area contributed by atoms with Gasteiger partial charge in [-0.2, -0.15) is 52.0 Å². The summed E-state index contributed by atoms with van der Waals surface area (Å²) in [5.41, 5.74) is 2.87. The van der Waals surface area contributed by atoms with E-state index in [4.69, 9.17) is 9.40 Å². The summed E-state index contributed by atoms with van der Waals surface area (Å²) in [6.45, 7) is 16.8. The summed E-state index contributed by atoms with van der Waals surface area (Å²) in [6.07, 6.45) is -6.17. The summed E-state index contributed by atoms with van der Waals surface area (Å²) in [6, 6.07) is 41.6. The Bertz CT molecular complexity index is 6610. The molecule has 0 atom stereocenters. The van der Waals surface area contributed by atoms with E-state index < -0.39 is 59.6 Å². The number of nitrogens with zero attached hydrogens (tertiary/aromatic N) is 18. The number of carbonyl (C=O) groups is 4. The molecule has 4 aromatic carbocycles. The minimum atomic E-state index is -4.57. The third-order valence-electron chi connectivity index (χ3n) is 21.4. The van der Waals surface area contributed by atoms with Gasteiger partial charge in [0.1, 0.15) is 76.5 Å². The molecule has 0 spiro atoms. The van der Waals surface area contributed by atoms with Crippen LogP contribution in [0.3, 0.4) is 0 Å². The molecule has 4 amide bonds. The maximum Gasteiger partial charge on any atom is 0.397 e. The zero-order valence-corrected chi connectivity index (χ0v) is 77.5. The summed E-state index contributed by atoms with van der Waals surface area (Å²) in [5.74, 6) is 4.54. The van der Waals surface area contributed by atoms with Gasteiger partial charge in [0, 0.05) is 154 Å². The number of alkyl halides is 8. The van der Waals surface area contributed by atoms with Crippen LogP contribution < -0.4 is 62.1 Å². The standard InChI is InChI=1S/C24H25F2N7OS.C22H21F3N8OS.C22H22N8O2S.C21H21F4N7OS.9H2/c1-13-8-20(32-31-13)28-19-10-21(33-11-24(26,12-33)15-4-5-15)30-23(29-19)35-18-7-6-16(9-17(18)25)27-22(34)14-2-3-14;1-13-7-17(32-31-13)28-16-8-18(33-11-21(2,10-26)12-33)30-20(29-16)35-15-5-3-14(4-6-15)27-19(34)9-22(23,24)25;1-13-10-18(29-28-13)25-17-11-19(30-8-3-9-30)27-22(26-17)33-16-6-4-15(5-7-16)24-21(31)20-14(2)23-12-32-20;1-12-7-16(31-30-12)27-15-8-17(32-10-20(2,22)11-32)29-19(28-15)34-14-5-3-13(4-6-14)26-18(33)9-21(23,24)25;;;;;;;;;/h6-10,14-15H,2-5,11-12H2,1H3,(H,27,34)(H2,28,29,30,31,32);3-8H,9,11-12H2,1-2H3,(H,27,34)(H2,28,29,30,31,32);4-7,10-12H,3,8-9H2,1-2H3,(H,24,31)(H2,25,26,27,28,29);3-8H,9-11H2,1-2H3,(H,26,33)(H2,27,28,29,30,31);9*1H. The molecule has 6 aliphatic rings. The van der Waals surface area contributed by atoms with Crippen LogP contribution >= 0.6 is 47.0 Å². The summed E-state index contributed by atoms with van der Waals surface area (Å²) < 4.78 is 123. The van der Waals surface area contributed by atoms with Crippen molar-refractivity contribution in [3.8, 4) is 6.07 Å². The lowest BCUT2D eigenvalue weighted by atomic mass is 9.84. The maximum absolute atomic E-state index is 15.0. The van der Waals surface area contributed by atoms with E-state index in [1.54, 1.807) is 66.4 Å². The number of aryl methyl sites for hydroxylation is 5. The molecule has 4 aliphatic heterocycles. The SMILES string of the molecule is Cc1cc(Nc2cc(N3CC(C)(C#N)C3)nc(Sc3ccc(NC(=O)CC(F)(F)F)cc3)n2)n[nH]1.Cc1cc(Nc2cc(N3CC(C)(F)C3)nc(Sc3ccc(NC(=O)CC(F)(F)F)cc3)n2)n[nH]1.Cc1cc(Nc2cc(N3CC(F)(C4CC4)C3)nc(Sc3ccc(NC(=O)C4CC4)cc3F)n2)n[nH]1.Cc1cc(Nc2cc(N3CCC3)nc(Sc3ccc(NC(=O)c4ocnc4C)cc3)n2)n[nH]1.[HH].[HH].[HH].[HH].[HH].[HH].[HH].[HH].[HH]. The van der Waals surface area contributed by atoms with Crippen molar-refractivity contribution in [3.63, 3.8) is 0 Å². The number of hydrogen-bond acceptors (Lipinski definition) is 31. The molecule has 12 N–H and O–H groups in total. The van der Waals surface area contributed by atoms with E-state index in [1.807, 2.05) is 99.0 Å². The van der Waals surface area contributed by atoms with Gasteiger partial charge in [0.2, 0.25) is 23.5 Å². The number of rotatable bonds is 29. The van der Waals surface area contributed by atoms with Gasteiger partial charge in [-0.15, -0.1) is 0 Å². The first kappa shape index (κ1) is 95.9. The lowest BCUT2D eigenvalue weighted by molar-refractivity contribution is -0.151. The molecule has 0 bridgehead atoms. The van der Waals surface area contributed by atoms with Gasteiger partial charge >= 0.3 is 12.4 Å². The molecule has 4 saturated heterocycles. The maximum atomic E-state index is 15.0. The van der Waals surface area contributed by atoms with E-state index in [0.29, 0.717) is 138 Å².